The van der Waals surface area contributed by atoms with Gasteiger partial charge in [0.2, 0.25) is 0 Å². The van der Waals surface area contributed by atoms with Gasteiger partial charge in [0.15, 0.2) is 17.4 Å². The molecule has 0 saturated carbocycles. The number of hydrogen-bond acceptors (Lipinski definition) is 3. The number of aromatic nitrogens is 2. The van der Waals surface area contributed by atoms with Gasteiger partial charge in [-0.3, -0.25) is 9.59 Å². The van der Waals surface area contributed by atoms with Gasteiger partial charge in [-0.05, 0) is 43.2 Å². The fourth-order valence-electron chi connectivity index (χ4n) is 3.46. The third-order valence-electron chi connectivity index (χ3n) is 4.99. The number of piperidine rings is 1. The Morgan fingerprint density at radius 3 is 2.48 bits per heavy atom. The van der Waals surface area contributed by atoms with Gasteiger partial charge in [-0.25, -0.2) is 13.8 Å². The Balaban J connectivity index is 1.42. The largest absolute Gasteiger partial charge is 0.339 e. The molecule has 0 unspecified atom stereocenters. The molecule has 1 aliphatic heterocycles. The van der Waals surface area contributed by atoms with E-state index in [4.69, 9.17) is 0 Å². The molecular weight excluding hydrogens is 352 g/mol. The highest BCUT2D eigenvalue weighted by Crippen LogP contribution is 2.24. The van der Waals surface area contributed by atoms with Crippen molar-refractivity contribution in [1.82, 2.24) is 14.3 Å². The second-order valence-electron chi connectivity index (χ2n) is 6.67. The van der Waals surface area contributed by atoms with Crippen LogP contribution in [0.25, 0.3) is 5.65 Å². The van der Waals surface area contributed by atoms with E-state index < -0.39 is 11.6 Å². The van der Waals surface area contributed by atoms with E-state index in [1.54, 1.807) is 40.0 Å². The lowest BCUT2D eigenvalue weighted by Gasteiger charge is -2.31. The molecule has 27 heavy (non-hydrogen) atoms. The van der Waals surface area contributed by atoms with Crippen LogP contribution < -0.4 is 0 Å². The van der Waals surface area contributed by atoms with E-state index in [-0.39, 0.29) is 23.2 Å². The number of pyridine rings is 1. The van der Waals surface area contributed by atoms with Crippen molar-refractivity contribution < 1.29 is 18.4 Å². The van der Waals surface area contributed by atoms with Gasteiger partial charge in [0.05, 0.1) is 5.56 Å². The second-order valence-corrected chi connectivity index (χ2v) is 6.67. The molecule has 2 aromatic heterocycles. The van der Waals surface area contributed by atoms with Gasteiger partial charge in [0.1, 0.15) is 5.65 Å². The Labute approximate surface area is 154 Å². The molecule has 3 aromatic rings. The average Bonchev–Trinajstić information content (AvgIpc) is 3.17. The van der Waals surface area contributed by atoms with E-state index in [2.05, 4.69) is 4.98 Å². The minimum absolute atomic E-state index is 0.0932. The zero-order valence-corrected chi connectivity index (χ0v) is 14.4. The van der Waals surface area contributed by atoms with Crippen molar-refractivity contribution >= 4 is 17.3 Å². The Morgan fingerprint density at radius 1 is 1.00 bits per heavy atom. The average molecular weight is 369 g/mol. The number of likely N-dealkylation sites (tertiary alicyclic amines) is 1. The Bertz CT molecular complexity index is 1020. The van der Waals surface area contributed by atoms with Gasteiger partial charge in [0, 0.05) is 43.2 Å². The predicted octanol–water partition coefficient (Wildman–Crippen LogP) is 3.35. The van der Waals surface area contributed by atoms with Crippen LogP contribution in [0.4, 0.5) is 8.78 Å². The Kier molecular flexibility index (Phi) is 4.43. The summed E-state index contributed by atoms with van der Waals surface area (Å²) in [5, 5.41) is 0. The van der Waals surface area contributed by atoms with E-state index in [0.29, 0.717) is 31.5 Å². The smallest absolute Gasteiger partial charge is 0.255 e. The highest BCUT2D eigenvalue weighted by Gasteiger charge is 2.29. The molecular formula is C20H17F2N3O2. The summed E-state index contributed by atoms with van der Waals surface area (Å²) in [6.07, 6.45) is 6.18. The van der Waals surface area contributed by atoms with E-state index in [1.807, 2.05) is 0 Å². The van der Waals surface area contributed by atoms with Crippen LogP contribution in [0, 0.1) is 17.6 Å². The third-order valence-corrected chi connectivity index (χ3v) is 4.99. The van der Waals surface area contributed by atoms with Crippen LogP contribution in [-0.4, -0.2) is 39.1 Å². The lowest BCUT2D eigenvalue weighted by Crippen LogP contribution is -2.40. The molecule has 0 spiro atoms. The van der Waals surface area contributed by atoms with E-state index in [9.17, 15) is 18.4 Å². The molecule has 1 aliphatic rings. The number of carbonyl (C=O) groups is 2. The first kappa shape index (κ1) is 17.3. The molecule has 1 amide bonds. The number of amides is 1. The zero-order valence-electron chi connectivity index (χ0n) is 14.4. The second kappa shape index (κ2) is 6.90. The molecule has 1 fully saturated rings. The van der Waals surface area contributed by atoms with Crippen LogP contribution in [0.1, 0.15) is 33.6 Å². The monoisotopic (exact) mass is 369 g/mol. The molecule has 1 saturated heterocycles. The lowest BCUT2D eigenvalue weighted by atomic mass is 9.88. The maximum Gasteiger partial charge on any atom is 0.255 e. The molecule has 0 atom stereocenters. The van der Waals surface area contributed by atoms with Crippen molar-refractivity contribution in [1.29, 1.82) is 0 Å². The zero-order chi connectivity index (χ0) is 19.0. The summed E-state index contributed by atoms with van der Waals surface area (Å²) in [6, 6.07) is 6.73. The normalized spacial score (nSPS) is 15.3. The van der Waals surface area contributed by atoms with Gasteiger partial charge >= 0.3 is 0 Å². The van der Waals surface area contributed by atoms with Gasteiger partial charge in [-0.2, -0.15) is 0 Å². The molecule has 138 valence electrons. The summed E-state index contributed by atoms with van der Waals surface area (Å²) in [5.74, 6) is -2.59. The van der Waals surface area contributed by atoms with Gasteiger partial charge in [-0.15, -0.1) is 0 Å². The van der Waals surface area contributed by atoms with Crippen molar-refractivity contribution in [3.63, 3.8) is 0 Å². The summed E-state index contributed by atoms with van der Waals surface area (Å²) in [7, 11) is 0. The first-order valence-electron chi connectivity index (χ1n) is 8.74. The molecule has 5 nitrogen and oxygen atoms in total. The van der Waals surface area contributed by atoms with Crippen LogP contribution in [-0.2, 0) is 0 Å². The van der Waals surface area contributed by atoms with E-state index in [0.717, 1.165) is 17.8 Å². The minimum atomic E-state index is -1.02. The van der Waals surface area contributed by atoms with E-state index >= 15 is 0 Å². The maximum absolute atomic E-state index is 13.4. The number of halogens is 2. The van der Waals surface area contributed by atoms with Crippen LogP contribution in [0.15, 0.2) is 48.9 Å². The summed E-state index contributed by atoms with van der Waals surface area (Å²) in [6.45, 7) is 0.891. The molecule has 0 aliphatic carbocycles. The fourth-order valence-corrected chi connectivity index (χ4v) is 3.46. The first-order chi connectivity index (χ1) is 13.0. The summed E-state index contributed by atoms with van der Waals surface area (Å²) >= 11 is 0. The number of Topliss-reactive ketones (excluding diaryl/α,β-unsaturated/α-hetero) is 1. The third kappa shape index (κ3) is 3.32. The number of nitrogens with zero attached hydrogens (tertiary/aromatic N) is 3. The van der Waals surface area contributed by atoms with E-state index in [1.165, 1.54) is 6.07 Å². The topological polar surface area (TPSA) is 54.7 Å². The van der Waals surface area contributed by atoms with Crippen LogP contribution in [0.2, 0.25) is 0 Å². The van der Waals surface area contributed by atoms with Crippen molar-refractivity contribution in [2.75, 3.05) is 13.1 Å². The molecule has 3 heterocycles. The molecule has 1 aromatic carbocycles. The minimum Gasteiger partial charge on any atom is -0.339 e. The maximum atomic E-state index is 13.4. The molecule has 0 radical (unpaired) electrons. The van der Waals surface area contributed by atoms with Crippen LogP contribution in [0.5, 0.6) is 0 Å². The van der Waals surface area contributed by atoms with Gasteiger partial charge in [-0.1, -0.05) is 0 Å². The Hall–Kier alpha value is -3.09. The highest BCUT2D eigenvalue weighted by molar-refractivity contribution is 5.98. The van der Waals surface area contributed by atoms with Crippen LogP contribution >= 0.6 is 0 Å². The molecule has 0 bridgehead atoms. The van der Waals surface area contributed by atoms with Crippen molar-refractivity contribution in [3.05, 3.63) is 71.7 Å². The number of imidazole rings is 1. The number of ketones is 1. The molecule has 4 rings (SSSR count). The number of rotatable bonds is 3. The van der Waals surface area contributed by atoms with Gasteiger partial charge < -0.3 is 9.30 Å². The number of fused-ring (bicyclic) bond motifs is 1. The van der Waals surface area contributed by atoms with Crippen LogP contribution in [0.3, 0.4) is 0 Å². The summed E-state index contributed by atoms with van der Waals surface area (Å²) in [5.41, 5.74) is 1.50. The molecule has 0 N–H and O–H groups in total. The SMILES string of the molecule is O=C(c1ccc(F)c(F)c1)C1CCN(C(=O)c2ccc3nccn3c2)CC1. The number of hydrogen-bond donors (Lipinski definition) is 0. The number of carbonyl (C=O) groups excluding carboxylic acids is 2. The quantitative estimate of drug-likeness (QED) is 0.666. The van der Waals surface area contributed by atoms with Crippen molar-refractivity contribution in [3.8, 4) is 0 Å². The fraction of sp³-hybridized carbons (Fsp3) is 0.250. The predicted molar refractivity (Wildman–Crippen MR) is 94.5 cm³/mol. The van der Waals surface area contributed by atoms with Gasteiger partial charge in [0.25, 0.3) is 5.91 Å². The highest BCUT2D eigenvalue weighted by atomic mass is 19.2. The molecule has 7 heteroatoms. The lowest BCUT2D eigenvalue weighted by molar-refractivity contribution is 0.0650. The first-order valence-corrected chi connectivity index (χ1v) is 8.74. The Morgan fingerprint density at radius 2 is 1.74 bits per heavy atom. The summed E-state index contributed by atoms with van der Waals surface area (Å²) < 4.78 is 28.2. The van der Waals surface area contributed by atoms with Crippen molar-refractivity contribution in [2.24, 2.45) is 5.92 Å². The van der Waals surface area contributed by atoms with Crippen molar-refractivity contribution in [2.45, 2.75) is 12.8 Å². The standard InChI is InChI=1S/C20H17F2N3O2/c21-16-3-1-14(11-17(16)22)19(26)13-5-8-24(9-6-13)20(27)15-2-4-18-23-7-10-25(18)12-15/h1-4,7,10-13H,5-6,8-9H2. The number of benzene rings is 1. The summed E-state index contributed by atoms with van der Waals surface area (Å²) in [4.78, 5) is 31.1.